The average Bonchev–Trinajstić information content (AvgIpc) is 2.37. The van der Waals surface area contributed by atoms with Gasteiger partial charge in [-0.1, -0.05) is 22.0 Å². The van der Waals surface area contributed by atoms with E-state index in [1.54, 1.807) is 18.5 Å². The molecule has 3 nitrogen and oxygen atoms in total. The molecule has 0 aliphatic carbocycles. The van der Waals surface area contributed by atoms with Gasteiger partial charge in [-0.15, -0.1) is 0 Å². The maximum absolute atomic E-state index is 13.1. The molecule has 100 valence electrons. The number of rotatable bonds is 4. The fourth-order valence-corrected chi connectivity index (χ4v) is 2.89. The van der Waals surface area contributed by atoms with Gasteiger partial charge in [-0.3, -0.25) is 16.3 Å². The minimum atomic E-state index is -0.282. The highest BCUT2D eigenvalue weighted by molar-refractivity contribution is 9.10. The van der Waals surface area contributed by atoms with Gasteiger partial charge in [-0.05, 0) is 51.7 Å². The summed E-state index contributed by atoms with van der Waals surface area (Å²) in [6.07, 6.45) is 4.17. The van der Waals surface area contributed by atoms with Crippen molar-refractivity contribution in [3.8, 4) is 0 Å². The maximum atomic E-state index is 13.1. The monoisotopic (exact) mass is 387 g/mol. The molecular weight excluding hydrogens is 377 g/mol. The molecule has 0 aliphatic heterocycles. The van der Waals surface area contributed by atoms with Crippen molar-refractivity contribution in [1.82, 2.24) is 10.4 Å². The second-order valence-electron chi connectivity index (χ2n) is 4.10. The van der Waals surface area contributed by atoms with E-state index < -0.39 is 0 Å². The predicted octanol–water partition coefficient (Wildman–Crippen LogP) is 3.49. The highest BCUT2D eigenvalue weighted by Crippen LogP contribution is 2.26. The molecule has 2 rings (SSSR count). The van der Waals surface area contributed by atoms with Crippen molar-refractivity contribution in [3.63, 3.8) is 0 Å². The summed E-state index contributed by atoms with van der Waals surface area (Å²) in [7, 11) is 0. The van der Waals surface area contributed by atoms with Gasteiger partial charge >= 0.3 is 0 Å². The van der Waals surface area contributed by atoms with Crippen molar-refractivity contribution in [1.29, 1.82) is 0 Å². The molecule has 2 aromatic rings. The Morgan fingerprint density at radius 2 is 2.05 bits per heavy atom. The molecule has 19 heavy (non-hydrogen) atoms. The first-order chi connectivity index (χ1) is 9.10. The number of hydrazine groups is 1. The molecule has 0 amide bonds. The molecule has 0 saturated heterocycles. The van der Waals surface area contributed by atoms with E-state index in [1.807, 2.05) is 6.07 Å². The quantitative estimate of drug-likeness (QED) is 0.622. The summed E-state index contributed by atoms with van der Waals surface area (Å²) in [5.74, 6) is 5.32. The van der Waals surface area contributed by atoms with Crippen LogP contribution in [0.25, 0.3) is 0 Å². The first kappa shape index (κ1) is 14.6. The Labute approximate surface area is 127 Å². The zero-order valence-electron chi connectivity index (χ0n) is 9.91. The molecule has 0 fully saturated rings. The molecule has 1 aromatic carbocycles. The van der Waals surface area contributed by atoms with Crippen molar-refractivity contribution in [2.24, 2.45) is 5.84 Å². The van der Waals surface area contributed by atoms with Gasteiger partial charge in [0, 0.05) is 21.3 Å². The molecule has 0 bridgehead atoms. The Hall–Kier alpha value is -0.820. The number of benzene rings is 1. The molecule has 6 heteroatoms. The van der Waals surface area contributed by atoms with Crippen LogP contribution in [0.2, 0.25) is 0 Å². The Bertz CT molecular complexity index is 578. The number of hydrogen-bond acceptors (Lipinski definition) is 3. The standard InChI is InChI=1S/C13H12Br2FN3/c14-9-3-8(6-18-7-9)4-13(19-17)11-2-1-10(16)5-12(11)15/h1-3,5-7,13,19H,4,17H2. The Morgan fingerprint density at radius 1 is 1.26 bits per heavy atom. The lowest BCUT2D eigenvalue weighted by Gasteiger charge is -2.18. The summed E-state index contributed by atoms with van der Waals surface area (Å²) in [5, 5.41) is 0. The summed E-state index contributed by atoms with van der Waals surface area (Å²) < 4.78 is 14.7. The fourth-order valence-electron chi connectivity index (χ4n) is 1.85. The normalized spacial score (nSPS) is 12.4. The lowest BCUT2D eigenvalue weighted by Crippen LogP contribution is -2.29. The largest absolute Gasteiger partial charge is 0.271 e. The van der Waals surface area contributed by atoms with Gasteiger partial charge in [-0.25, -0.2) is 4.39 Å². The van der Waals surface area contributed by atoms with E-state index in [1.165, 1.54) is 12.1 Å². The third-order valence-electron chi connectivity index (χ3n) is 2.74. The summed E-state index contributed by atoms with van der Waals surface area (Å²) in [4.78, 5) is 4.11. The van der Waals surface area contributed by atoms with Crippen LogP contribution in [0.1, 0.15) is 17.2 Å². The van der Waals surface area contributed by atoms with Crippen LogP contribution in [0.4, 0.5) is 4.39 Å². The van der Waals surface area contributed by atoms with Crippen LogP contribution >= 0.6 is 31.9 Å². The number of nitrogens with one attached hydrogen (secondary N) is 1. The maximum Gasteiger partial charge on any atom is 0.124 e. The van der Waals surface area contributed by atoms with Crippen LogP contribution < -0.4 is 11.3 Å². The van der Waals surface area contributed by atoms with Crippen molar-refractivity contribution < 1.29 is 4.39 Å². The van der Waals surface area contributed by atoms with Crippen LogP contribution in [-0.2, 0) is 6.42 Å². The molecule has 3 N–H and O–H groups in total. The first-order valence-electron chi connectivity index (χ1n) is 5.60. The van der Waals surface area contributed by atoms with E-state index in [-0.39, 0.29) is 11.9 Å². The zero-order chi connectivity index (χ0) is 13.8. The molecule has 0 saturated carbocycles. The van der Waals surface area contributed by atoms with Gasteiger partial charge in [0.25, 0.3) is 0 Å². The smallest absolute Gasteiger partial charge is 0.124 e. The summed E-state index contributed by atoms with van der Waals surface area (Å²) in [6, 6.07) is 6.43. The number of hydrogen-bond donors (Lipinski definition) is 2. The summed E-state index contributed by atoms with van der Waals surface area (Å²) >= 11 is 6.74. The Morgan fingerprint density at radius 3 is 2.68 bits per heavy atom. The Balaban J connectivity index is 2.25. The lowest BCUT2D eigenvalue weighted by molar-refractivity contribution is 0.546. The number of halogens is 3. The number of pyridine rings is 1. The van der Waals surface area contributed by atoms with Crippen LogP contribution in [0, 0.1) is 5.82 Å². The van der Waals surface area contributed by atoms with Crippen molar-refractivity contribution >= 4 is 31.9 Å². The highest BCUT2D eigenvalue weighted by Gasteiger charge is 2.14. The van der Waals surface area contributed by atoms with Crippen LogP contribution in [0.15, 0.2) is 45.6 Å². The molecule has 0 aliphatic rings. The van der Waals surface area contributed by atoms with Crippen molar-refractivity contribution in [2.45, 2.75) is 12.5 Å². The van der Waals surface area contributed by atoms with Gasteiger partial charge in [0.2, 0.25) is 0 Å². The van der Waals surface area contributed by atoms with E-state index in [0.29, 0.717) is 10.9 Å². The predicted molar refractivity (Wildman–Crippen MR) is 79.8 cm³/mol. The minimum Gasteiger partial charge on any atom is -0.271 e. The molecule has 0 spiro atoms. The number of nitrogens with zero attached hydrogens (tertiary/aromatic N) is 1. The van der Waals surface area contributed by atoms with E-state index in [4.69, 9.17) is 5.84 Å². The Kier molecular flexibility index (Phi) is 5.04. The molecule has 1 heterocycles. The fraction of sp³-hybridized carbons (Fsp3) is 0.154. The van der Waals surface area contributed by atoms with E-state index in [0.717, 1.165) is 15.6 Å². The van der Waals surface area contributed by atoms with Crippen LogP contribution in [-0.4, -0.2) is 4.98 Å². The van der Waals surface area contributed by atoms with Crippen molar-refractivity contribution in [2.75, 3.05) is 0 Å². The second-order valence-corrected chi connectivity index (χ2v) is 5.87. The minimum absolute atomic E-state index is 0.119. The van der Waals surface area contributed by atoms with E-state index >= 15 is 0 Å². The number of nitrogens with two attached hydrogens (primary N) is 1. The van der Waals surface area contributed by atoms with Gasteiger partial charge < -0.3 is 0 Å². The molecule has 1 unspecified atom stereocenters. The zero-order valence-corrected chi connectivity index (χ0v) is 13.1. The van der Waals surface area contributed by atoms with Crippen LogP contribution in [0.3, 0.4) is 0 Å². The van der Waals surface area contributed by atoms with Gasteiger partial charge in [0.1, 0.15) is 5.82 Å². The highest BCUT2D eigenvalue weighted by atomic mass is 79.9. The average molecular weight is 389 g/mol. The SMILES string of the molecule is NNC(Cc1cncc(Br)c1)c1ccc(F)cc1Br. The van der Waals surface area contributed by atoms with Crippen molar-refractivity contribution in [3.05, 3.63) is 62.5 Å². The molecule has 1 atom stereocenters. The number of aromatic nitrogens is 1. The summed E-state index contributed by atoms with van der Waals surface area (Å²) in [5.41, 5.74) is 4.69. The van der Waals surface area contributed by atoms with Gasteiger partial charge in [-0.2, -0.15) is 0 Å². The third-order valence-corrected chi connectivity index (χ3v) is 3.86. The topological polar surface area (TPSA) is 50.9 Å². The van der Waals surface area contributed by atoms with Crippen LogP contribution in [0.5, 0.6) is 0 Å². The van der Waals surface area contributed by atoms with E-state index in [9.17, 15) is 4.39 Å². The van der Waals surface area contributed by atoms with Gasteiger partial charge in [0.05, 0.1) is 6.04 Å². The first-order valence-corrected chi connectivity index (χ1v) is 7.19. The molecule has 0 radical (unpaired) electrons. The summed E-state index contributed by atoms with van der Waals surface area (Å²) in [6.45, 7) is 0. The lowest BCUT2D eigenvalue weighted by atomic mass is 10.0. The second kappa shape index (κ2) is 6.56. The molecule has 1 aromatic heterocycles. The third kappa shape index (κ3) is 3.82. The molecular formula is C13H12Br2FN3. The van der Waals surface area contributed by atoms with Gasteiger partial charge in [0.15, 0.2) is 0 Å². The van der Waals surface area contributed by atoms with E-state index in [2.05, 4.69) is 42.3 Å².